The minimum Gasteiger partial charge on any atom is -0.399 e. The summed E-state index contributed by atoms with van der Waals surface area (Å²) >= 11 is 2.29. The largest absolute Gasteiger partial charge is 0.399 e. The van der Waals surface area contributed by atoms with Crippen LogP contribution in [-0.4, -0.2) is 0 Å². The lowest BCUT2D eigenvalue weighted by Crippen LogP contribution is -1.89. The lowest BCUT2D eigenvalue weighted by Gasteiger charge is -2.06. The molecule has 15 heavy (non-hydrogen) atoms. The van der Waals surface area contributed by atoms with Crippen LogP contribution in [-0.2, 0) is 0 Å². The van der Waals surface area contributed by atoms with Crippen LogP contribution in [0.1, 0.15) is 0 Å². The van der Waals surface area contributed by atoms with Crippen molar-refractivity contribution < 1.29 is 0 Å². The molecule has 0 atom stereocenters. The van der Waals surface area contributed by atoms with E-state index < -0.39 is 0 Å². The third kappa shape index (κ3) is 2.23. The molecule has 2 aromatic rings. The number of hydrogen-bond donors (Lipinski definition) is 2. The Kier molecular flexibility index (Phi) is 2.81. The topological polar surface area (TPSA) is 52.0 Å². The third-order valence-corrected chi connectivity index (χ3v) is 3.11. The van der Waals surface area contributed by atoms with Crippen LogP contribution in [0.2, 0.25) is 0 Å². The summed E-state index contributed by atoms with van der Waals surface area (Å²) in [4.78, 5) is 0. The SMILES string of the molecule is Nc1ccc(-c2ccc(N)cc2I)cc1. The molecule has 2 nitrogen and oxygen atoms in total. The second-order valence-electron chi connectivity index (χ2n) is 3.36. The average Bonchev–Trinajstić information content (AvgIpc) is 2.20. The Bertz CT molecular complexity index is 477. The van der Waals surface area contributed by atoms with E-state index in [9.17, 15) is 0 Å². The molecule has 2 rings (SSSR count). The number of anilines is 2. The minimum absolute atomic E-state index is 0.782. The minimum atomic E-state index is 0.782. The molecule has 0 saturated carbocycles. The van der Waals surface area contributed by atoms with Crippen LogP contribution < -0.4 is 11.5 Å². The van der Waals surface area contributed by atoms with Crippen LogP contribution in [0.15, 0.2) is 42.5 Å². The van der Waals surface area contributed by atoms with Gasteiger partial charge in [-0.2, -0.15) is 0 Å². The van der Waals surface area contributed by atoms with Crippen molar-refractivity contribution in [2.75, 3.05) is 11.5 Å². The zero-order valence-corrected chi connectivity index (χ0v) is 10.2. The van der Waals surface area contributed by atoms with Crippen molar-refractivity contribution in [3.05, 3.63) is 46.0 Å². The number of rotatable bonds is 1. The fourth-order valence-electron chi connectivity index (χ4n) is 1.43. The van der Waals surface area contributed by atoms with Gasteiger partial charge in [0.05, 0.1) is 0 Å². The molecule has 0 amide bonds. The van der Waals surface area contributed by atoms with Gasteiger partial charge in [0, 0.05) is 14.9 Å². The summed E-state index contributed by atoms with van der Waals surface area (Å²) in [5.74, 6) is 0. The Labute approximate surface area is 102 Å². The van der Waals surface area contributed by atoms with Crippen molar-refractivity contribution in [2.24, 2.45) is 0 Å². The van der Waals surface area contributed by atoms with E-state index >= 15 is 0 Å². The second kappa shape index (κ2) is 4.10. The first-order valence-corrected chi connectivity index (χ1v) is 5.65. The molecule has 0 saturated heterocycles. The highest BCUT2D eigenvalue weighted by Crippen LogP contribution is 2.27. The van der Waals surface area contributed by atoms with Crippen molar-refractivity contribution in [3.63, 3.8) is 0 Å². The molecule has 0 bridgehead atoms. The van der Waals surface area contributed by atoms with E-state index in [1.54, 1.807) is 0 Å². The lowest BCUT2D eigenvalue weighted by atomic mass is 10.1. The molecule has 76 valence electrons. The van der Waals surface area contributed by atoms with Gasteiger partial charge in [0.15, 0.2) is 0 Å². The van der Waals surface area contributed by atoms with Crippen LogP contribution in [0.25, 0.3) is 11.1 Å². The number of nitrogen functional groups attached to an aromatic ring is 2. The van der Waals surface area contributed by atoms with Gasteiger partial charge in [0.25, 0.3) is 0 Å². The van der Waals surface area contributed by atoms with Crippen molar-refractivity contribution in [3.8, 4) is 11.1 Å². The first-order valence-electron chi connectivity index (χ1n) is 4.58. The Morgan fingerprint density at radius 1 is 0.800 bits per heavy atom. The maximum atomic E-state index is 5.70. The first-order chi connectivity index (χ1) is 7.16. The molecule has 0 fully saturated rings. The third-order valence-electron chi connectivity index (χ3n) is 2.21. The van der Waals surface area contributed by atoms with Crippen LogP contribution in [0.3, 0.4) is 0 Å². The Morgan fingerprint density at radius 3 is 2.00 bits per heavy atom. The molecule has 0 radical (unpaired) electrons. The van der Waals surface area contributed by atoms with Crippen LogP contribution >= 0.6 is 22.6 Å². The van der Waals surface area contributed by atoms with Gasteiger partial charge in [-0.15, -0.1) is 0 Å². The van der Waals surface area contributed by atoms with Gasteiger partial charge in [-0.1, -0.05) is 18.2 Å². The predicted molar refractivity (Wildman–Crippen MR) is 73.4 cm³/mol. The van der Waals surface area contributed by atoms with Crippen molar-refractivity contribution in [1.29, 1.82) is 0 Å². The van der Waals surface area contributed by atoms with Gasteiger partial charge < -0.3 is 11.5 Å². The van der Waals surface area contributed by atoms with Gasteiger partial charge in [-0.25, -0.2) is 0 Å². The Hall–Kier alpha value is -1.23. The molecule has 0 aliphatic heterocycles. The molecular weight excluding hydrogens is 299 g/mol. The van der Waals surface area contributed by atoms with Crippen LogP contribution in [0.5, 0.6) is 0 Å². The molecule has 0 aliphatic carbocycles. The summed E-state index contributed by atoms with van der Waals surface area (Å²) in [6.45, 7) is 0. The number of hydrogen-bond acceptors (Lipinski definition) is 2. The Morgan fingerprint density at radius 2 is 1.40 bits per heavy atom. The highest BCUT2D eigenvalue weighted by Gasteiger charge is 2.02. The van der Waals surface area contributed by atoms with Gasteiger partial charge >= 0.3 is 0 Å². The van der Waals surface area contributed by atoms with Crippen molar-refractivity contribution in [1.82, 2.24) is 0 Å². The fourth-order valence-corrected chi connectivity index (χ4v) is 2.28. The average molecular weight is 310 g/mol. The standard InChI is InChI=1S/C12H11IN2/c13-12-7-10(15)5-6-11(12)8-1-3-9(14)4-2-8/h1-7H,14-15H2. The molecule has 0 aromatic heterocycles. The molecule has 3 heteroatoms. The summed E-state index contributed by atoms with van der Waals surface area (Å²) < 4.78 is 1.15. The quantitative estimate of drug-likeness (QED) is 0.628. The summed E-state index contributed by atoms with van der Waals surface area (Å²) in [6, 6.07) is 13.7. The molecule has 0 unspecified atom stereocenters. The molecule has 0 aliphatic rings. The van der Waals surface area contributed by atoms with E-state index in [2.05, 4.69) is 22.6 Å². The van der Waals surface area contributed by atoms with Gasteiger partial charge in [-0.3, -0.25) is 0 Å². The Balaban J connectivity index is 2.49. The predicted octanol–water partition coefficient (Wildman–Crippen LogP) is 3.12. The summed E-state index contributed by atoms with van der Waals surface area (Å²) in [5, 5.41) is 0. The van der Waals surface area contributed by atoms with E-state index in [-0.39, 0.29) is 0 Å². The van der Waals surface area contributed by atoms with Crippen LogP contribution in [0.4, 0.5) is 11.4 Å². The normalized spacial score (nSPS) is 10.2. The van der Waals surface area contributed by atoms with Crippen molar-refractivity contribution >= 4 is 34.0 Å². The second-order valence-corrected chi connectivity index (χ2v) is 4.52. The maximum Gasteiger partial charge on any atom is 0.0325 e. The molecule has 0 spiro atoms. The molecule has 4 N–H and O–H groups in total. The zero-order chi connectivity index (χ0) is 10.8. The van der Waals surface area contributed by atoms with Crippen molar-refractivity contribution in [2.45, 2.75) is 0 Å². The fraction of sp³-hybridized carbons (Fsp3) is 0. The smallest absolute Gasteiger partial charge is 0.0325 e. The highest BCUT2D eigenvalue weighted by atomic mass is 127. The monoisotopic (exact) mass is 310 g/mol. The zero-order valence-electron chi connectivity index (χ0n) is 8.07. The summed E-state index contributed by atoms with van der Waals surface area (Å²) in [5.41, 5.74) is 15.3. The highest BCUT2D eigenvalue weighted by molar-refractivity contribution is 14.1. The van der Waals surface area contributed by atoms with E-state index in [1.807, 2.05) is 42.5 Å². The summed E-state index contributed by atoms with van der Waals surface area (Å²) in [7, 11) is 0. The van der Waals surface area contributed by atoms with E-state index in [0.717, 1.165) is 20.5 Å². The van der Waals surface area contributed by atoms with E-state index in [0.29, 0.717) is 0 Å². The number of nitrogens with two attached hydrogens (primary N) is 2. The maximum absolute atomic E-state index is 5.70. The first kappa shape index (κ1) is 10.3. The van der Waals surface area contributed by atoms with Gasteiger partial charge in [0.2, 0.25) is 0 Å². The van der Waals surface area contributed by atoms with Crippen LogP contribution in [0, 0.1) is 3.57 Å². The summed E-state index contributed by atoms with van der Waals surface area (Å²) in [6.07, 6.45) is 0. The number of benzene rings is 2. The van der Waals surface area contributed by atoms with E-state index in [1.165, 1.54) is 5.56 Å². The molecular formula is C12H11IN2. The molecule has 0 heterocycles. The van der Waals surface area contributed by atoms with E-state index in [4.69, 9.17) is 11.5 Å². The number of halogens is 1. The lowest BCUT2D eigenvalue weighted by molar-refractivity contribution is 1.57. The molecule has 2 aromatic carbocycles. The van der Waals surface area contributed by atoms with Gasteiger partial charge in [-0.05, 0) is 58.0 Å². The van der Waals surface area contributed by atoms with Gasteiger partial charge in [0.1, 0.15) is 0 Å².